The lowest BCUT2D eigenvalue weighted by molar-refractivity contribution is 0.306. The molecule has 1 fully saturated rings. The van der Waals surface area contributed by atoms with Crippen molar-refractivity contribution in [2.75, 3.05) is 0 Å². The Morgan fingerprint density at radius 3 is 2.26 bits per heavy atom. The van der Waals surface area contributed by atoms with Crippen LogP contribution in [0.25, 0.3) is 6.08 Å². The van der Waals surface area contributed by atoms with E-state index in [9.17, 15) is 0 Å². The summed E-state index contributed by atoms with van der Waals surface area (Å²) in [4.78, 5) is 0. The lowest BCUT2D eigenvalue weighted by Gasteiger charge is -2.07. The number of rotatable bonds is 5. The van der Waals surface area contributed by atoms with Crippen molar-refractivity contribution in [3.8, 4) is 5.75 Å². The van der Waals surface area contributed by atoms with Crippen LogP contribution in [0, 0.1) is 0 Å². The monoisotopic (exact) mass is 250 g/mol. The van der Waals surface area contributed by atoms with Gasteiger partial charge in [0.2, 0.25) is 0 Å². The van der Waals surface area contributed by atoms with E-state index in [0.717, 1.165) is 17.2 Å². The Morgan fingerprint density at radius 2 is 1.68 bits per heavy atom. The molecule has 1 aliphatic carbocycles. The molecule has 0 aromatic heterocycles. The Morgan fingerprint density at radius 1 is 1.00 bits per heavy atom. The molecule has 1 saturated carbocycles. The van der Waals surface area contributed by atoms with Crippen molar-refractivity contribution in [2.24, 2.45) is 0 Å². The van der Waals surface area contributed by atoms with Crippen molar-refractivity contribution in [2.45, 2.75) is 25.4 Å². The first-order valence-corrected chi connectivity index (χ1v) is 6.79. The first-order valence-electron chi connectivity index (χ1n) is 6.79. The molecule has 0 aliphatic heterocycles. The molecule has 1 heteroatoms. The van der Waals surface area contributed by atoms with E-state index < -0.39 is 0 Å². The fraction of sp³-hybridized carbons (Fsp3) is 0.222. The van der Waals surface area contributed by atoms with E-state index in [2.05, 4.69) is 30.8 Å². The standard InChI is InChI=1S/C18H18O/c1-2-14-5-11-18(12-6-14)19-13-15-3-7-16(8-4-15)17-9-10-17/h2-8,11-12,17H,1,9-10,13H2. The summed E-state index contributed by atoms with van der Waals surface area (Å²) in [6.07, 6.45) is 4.54. The average molecular weight is 250 g/mol. The molecular weight excluding hydrogens is 232 g/mol. The van der Waals surface area contributed by atoms with Crippen LogP contribution in [0.1, 0.15) is 35.4 Å². The van der Waals surface area contributed by atoms with Gasteiger partial charge in [-0.25, -0.2) is 0 Å². The molecule has 0 N–H and O–H groups in total. The highest BCUT2D eigenvalue weighted by Crippen LogP contribution is 2.39. The van der Waals surface area contributed by atoms with Crippen LogP contribution in [0.5, 0.6) is 5.75 Å². The van der Waals surface area contributed by atoms with Crippen LogP contribution >= 0.6 is 0 Å². The summed E-state index contributed by atoms with van der Waals surface area (Å²) in [6, 6.07) is 16.8. The zero-order valence-corrected chi connectivity index (χ0v) is 11.0. The van der Waals surface area contributed by atoms with E-state index in [1.54, 1.807) is 0 Å². The van der Waals surface area contributed by atoms with Crippen LogP contribution < -0.4 is 4.74 Å². The minimum Gasteiger partial charge on any atom is -0.489 e. The Hall–Kier alpha value is -2.02. The highest BCUT2D eigenvalue weighted by Gasteiger charge is 2.22. The lowest BCUT2D eigenvalue weighted by atomic mass is 10.1. The van der Waals surface area contributed by atoms with E-state index in [-0.39, 0.29) is 0 Å². The van der Waals surface area contributed by atoms with Gasteiger partial charge >= 0.3 is 0 Å². The Balaban J connectivity index is 1.59. The highest BCUT2D eigenvalue weighted by atomic mass is 16.5. The Labute approximate surface area is 114 Å². The SMILES string of the molecule is C=Cc1ccc(OCc2ccc(C3CC3)cc2)cc1. The van der Waals surface area contributed by atoms with Gasteiger partial charge in [-0.3, -0.25) is 0 Å². The van der Waals surface area contributed by atoms with Gasteiger partial charge in [0.05, 0.1) is 0 Å². The number of hydrogen-bond acceptors (Lipinski definition) is 1. The summed E-state index contributed by atoms with van der Waals surface area (Å²) in [7, 11) is 0. The zero-order chi connectivity index (χ0) is 13.1. The van der Waals surface area contributed by atoms with E-state index in [4.69, 9.17) is 4.74 Å². The minimum atomic E-state index is 0.623. The third kappa shape index (κ3) is 3.05. The molecule has 3 rings (SSSR count). The molecule has 1 aliphatic rings. The predicted octanol–water partition coefficient (Wildman–Crippen LogP) is 4.79. The van der Waals surface area contributed by atoms with Crippen LogP contribution in [-0.4, -0.2) is 0 Å². The van der Waals surface area contributed by atoms with Crippen LogP contribution in [-0.2, 0) is 6.61 Å². The molecule has 2 aromatic rings. The van der Waals surface area contributed by atoms with Gasteiger partial charge in [-0.1, -0.05) is 49.1 Å². The number of ether oxygens (including phenoxy) is 1. The summed E-state index contributed by atoms with van der Waals surface area (Å²) in [6.45, 7) is 4.36. The molecule has 0 bridgehead atoms. The summed E-state index contributed by atoms with van der Waals surface area (Å²) >= 11 is 0. The predicted molar refractivity (Wildman–Crippen MR) is 79.3 cm³/mol. The molecule has 2 aromatic carbocycles. The van der Waals surface area contributed by atoms with Gasteiger partial charge in [0, 0.05) is 0 Å². The second-order valence-electron chi connectivity index (χ2n) is 5.08. The van der Waals surface area contributed by atoms with E-state index in [1.165, 1.54) is 24.0 Å². The fourth-order valence-electron chi connectivity index (χ4n) is 2.17. The molecule has 0 unspecified atom stereocenters. The fourth-order valence-corrected chi connectivity index (χ4v) is 2.17. The maximum Gasteiger partial charge on any atom is 0.119 e. The van der Waals surface area contributed by atoms with Crippen molar-refractivity contribution in [1.29, 1.82) is 0 Å². The first-order chi connectivity index (χ1) is 9.35. The van der Waals surface area contributed by atoms with Crippen molar-refractivity contribution in [1.82, 2.24) is 0 Å². The summed E-state index contributed by atoms with van der Waals surface area (Å²) in [5.74, 6) is 1.72. The average Bonchev–Trinajstić information content (AvgIpc) is 3.31. The number of hydrogen-bond donors (Lipinski definition) is 0. The van der Waals surface area contributed by atoms with Crippen LogP contribution in [0.3, 0.4) is 0 Å². The van der Waals surface area contributed by atoms with Crippen molar-refractivity contribution >= 4 is 6.08 Å². The molecule has 0 radical (unpaired) electrons. The van der Waals surface area contributed by atoms with Crippen LogP contribution in [0.4, 0.5) is 0 Å². The quantitative estimate of drug-likeness (QED) is 0.741. The van der Waals surface area contributed by atoms with Crippen LogP contribution in [0.15, 0.2) is 55.1 Å². The number of benzene rings is 2. The van der Waals surface area contributed by atoms with Gasteiger partial charge in [-0.2, -0.15) is 0 Å². The van der Waals surface area contributed by atoms with Gasteiger partial charge < -0.3 is 4.74 Å². The third-order valence-corrected chi connectivity index (χ3v) is 3.55. The van der Waals surface area contributed by atoms with Crippen molar-refractivity contribution in [3.05, 3.63) is 71.8 Å². The topological polar surface area (TPSA) is 9.23 Å². The molecular formula is C18H18O. The lowest BCUT2D eigenvalue weighted by Crippen LogP contribution is -1.95. The zero-order valence-electron chi connectivity index (χ0n) is 11.0. The van der Waals surface area contributed by atoms with Gasteiger partial charge in [0.15, 0.2) is 0 Å². The van der Waals surface area contributed by atoms with Gasteiger partial charge in [-0.15, -0.1) is 0 Å². The highest BCUT2D eigenvalue weighted by molar-refractivity contribution is 5.48. The van der Waals surface area contributed by atoms with E-state index >= 15 is 0 Å². The van der Waals surface area contributed by atoms with Crippen molar-refractivity contribution < 1.29 is 4.74 Å². The maximum absolute atomic E-state index is 5.77. The summed E-state index contributed by atoms with van der Waals surface area (Å²) in [5, 5.41) is 0. The molecule has 19 heavy (non-hydrogen) atoms. The second-order valence-corrected chi connectivity index (χ2v) is 5.08. The van der Waals surface area contributed by atoms with E-state index in [0.29, 0.717) is 6.61 Å². The van der Waals surface area contributed by atoms with Gasteiger partial charge in [0.1, 0.15) is 12.4 Å². The summed E-state index contributed by atoms with van der Waals surface area (Å²) in [5.41, 5.74) is 3.80. The molecule has 0 saturated heterocycles. The Bertz CT molecular complexity index is 547. The first kappa shape index (κ1) is 12.0. The van der Waals surface area contributed by atoms with Gasteiger partial charge in [0.25, 0.3) is 0 Å². The molecule has 0 spiro atoms. The second kappa shape index (κ2) is 5.31. The molecule has 0 heterocycles. The molecule has 0 amide bonds. The third-order valence-electron chi connectivity index (χ3n) is 3.55. The molecule has 0 atom stereocenters. The molecule has 1 nitrogen and oxygen atoms in total. The molecule has 96 valence electrons. The minimum absolute atomic E-state index is 0.623. The normalized spacial score (nSPS) is 14.1. The Kier molecular flexibility index (Phi) is 3.37. The largest absolute Gasteiger partial charge is 0.489 e. The van der Waals surface area contributed by atoms with E-state index in [1.807, 2.05) is 30.3 Å². The summed E-state index contributed by atoms with van der Waals surface area (Å²) < 4.78 is 5.77. The smallest absolute Gasteiger partial charge is 0.119 e. The van der Waals surface area contributed by atoms with Crippen LogP contribution in [0.2, 0.25) is 0 Å². The van der Waals surface area contributed by atoms with Crippen molar-refractivity contribution in [3.63, 3.8) is 0 Å². The van der Waals surface area contributed by atoms with Gasteiger partial charge in [-0.05, 0) is 47.6 Å². The maximum atomic E-state index is 5.77.